The normalized spacial score (nSPS) is 20.8. The third-order valence-corrected chi connectivity index (χ3v) is 5.84. The van der Waals surface area contributed by atoms with Crippen molar-refractivity contribution >= 4 is 16.5 Å². The molecular weight excluding hydrogens is 346 g/mol. The summed E-state index contributed by atoms with van der Waals surface area (Å²) in [7, 11) is 0. The van der Waals surface area contributed by atoms with Crippen molar-refractivity contribution in [3.63, 3.8) is 0 Å². The van der Waals surface area contributed by atoms with Gasteiger partial charge < -0.3 is 0 Å². The van der Waals surface area contributed by atoms with Crippen LogP contribution in [0, 0.1) is 11.8 Å². The van der Waals surface area contributed by atoms with Crippen LogP contribution in [0.25, 0.3) is 16.5 Å². The lowest BCUT2D eigenvalue weighted by molar-refractivity contribution is 0.580. The average Bonchev–Trinajstić information content (AvgIpc) is 3.11. The van der Waals surface area contributed by atoms with Crippen LogP contribution in [0.1, 0.15) is 24.5 Å². The lowest BCUT2D eigenvalue weighted by Gasteiger charge is -2.21. The van der Waals surface area contributed by atoms with Crippen LogP contribution in [-0.2, 0) is 6.54 Å². The molecule has 0 bridgehead atoms. The Labute approximate surface area is 163 Å². The number of fused-ring (bicyclic) bond motifs is 2. The van der Waals surface area contributed by atoms with Crippen molar-refractivity contribution in [2.24, 2.45) is 11.8 Å². The van der Waals surface area contributed by atoms with Crippen LogP contribution in [0.4, 0.5) is 0 Å². The van der Waals surface area contributed by atoms with Gasteiger partial charge in [0, 0.05) is 12.1 Å². The summed E-state index contributed by atoms with van der Waals surface area (Å²) in [4.78, 5) is 21.0. The highest BCUT2D eigenvalue weighted by atomic mass is 16.1. The topological polar surface area (TPSA) is 47.8 Å². The molecule has 0 fully saturated rings. The molecule has 2 atom stereocenters. The van der Waals surface area contributed by atoms with Gasteiger partial charge in [0.15, 0.2) is 0 Å². The molecule has 2 aliphatic carbocycles. The molecule has 28 heavy (non-hydrogen) atoms. The van der Waals surface area contributed by atoms with Gasteiger partial charge in [0.1, 0.15) is 0 Å². The summed E-state index contributed by atoms with van der Waals surface area (Å²) in [5.41, 5.74) is 5.66. The largest absolute Gasteiger partial charge is 0.294 e. The monoisotopic (exact) mass is 367 g/mol. The Morgan fingerprint density at radius 3 is 2.89 bits per heavy atom. The number of benzene rings is 1. The molecule has 0 saturated carbocycles. The fourth-order valence-corrected chi connectivity index (χ4v) is 4.22. The molecule has 4 heteroatoms. The Balaban J connectivity index is 1.38. The molecule has 2 unspecified atom stereocenters. The van der Waals surface area contributed by atoms with Crippen LogP contribution in [0.15, 0.2) is 83.7 Å². The van der Waals surface area contributed by atoms with E-state index in [1.807, 2.05) is 0 Å². The highest BCUT2D eigenvalue weighted by Gasteiger charge is 2.26. The summed E-state index contributed by atoms with van der Waals surface area (Å²) < 4.78 is 1.65. The van der Waals surface area contributed by atoms with Crippen molar-refractivity contribution in [2.45, 2.75) is 19.9 Å². The Kier molecular flexibility index (Phi) is 4.05. The first-order valence-corrected chi connectivity index (χ1v) is 9.64. The van der Waals surface area contributed by atoms with Gasteiger partial charge >= 0.3 is 0 Å². The van der Waals surface area contributed by atoms with Crippen molar-refractivity contribution in [3.8, 4) is 0 Å². The van der Waals surface area contributed by atoms with Crippen molar-refractivity contribution in [1.29, 1.82) is 0 Å². The quantitative estimate of drug-likeness (QED) is 0.646. The average molecular weight is 367 g/mol. The molecule has 1 aromatic carbocycles. The molecule has 5 rings (SSSR count). The Morgan fingerprint density at radius 1 is 1.18 bits per heavy atom. The van der Waals surface area contributed by atoms with E-state index in [2.05, 4.69) is 65.5 Å². The zero-order valence-electron chi connectivity index (χ0n) is 15.7. The fraction of sp³-hybridized carbons (Fsp3) is 0.208. The van der Waals surface area contributed by atoms with Crippen LogP contribution in [-0.4, -0.2) is 14.5 Å². The van der Waals surface area contributed by atoms with Gasteiger partial charge in [-0.3, -0.25) is 14.3 Å². The van der Waals surface area contributed by atoms with E-state index in [4.69, 9.17) is 0 Å². The van der Waals surface area contributed by atoms with E-state index in [1.165, 1.54) is 16.7 Å². The third kappa shape index (κ3) is 2.91. The molecule has 0 N–H and O–H groups in total. The van der Waals surface area contributed by atoms with Gasteiger partial charge in [0.05, 0.1) is 30.0 Å². The maximum absolute atomic E-state index is 12.7. The number of nitrogens with zero attached hydrogens (tertiary/aromatic N) is 3. The number of hydrogen-bond acceptors (Lipinski definition) is 3. The Morgan fingerprint density at radius 2 is 2.04 bits per heavy atom. The maximum Gasteiger partial charge on any atom is 0.261 e. The third-order valence-electron chi connectivity index (χ3n) is 5.84. The molecule has 138 valence electrons. The van der Waals surface area contributed by atoms with Crippen molar-refractivity contribution in [3.05, 3.63) is 100 Å². The Bertz CT molecular complexity index is 1200. The molecule has 2 aromatic heterocycles. The molecule has 2 aliphatic rings. The molecule has 0 radical (unpaired) electrons. The van der Waals surface area contributed by atoms with E-state index >= 15 is 0 Å². The van der Waals surface area contributed by atoms with Gasteiger partial charge in [-0.1, -0.05) is 54.1 Å². The molecule has 3 aromatic rings. The highest BCUT2D eigenvalue weighted by molar-refractivity contribution is 5.76. The first kappa shape index (κ1) is 16.9. The number of allylic oxidation sites excluding steroid dienone is 6. The molecular formula is C24H21N3O. The lowest BCUT2D eigenvalue weighted by atomic mass is 9.84. The zero-order valence-corrected chi connectivity index (χ0v) is 15.7. The first-order valence-electron chi connectivity index (χ1n) is 9.64. The molecule has 2 heterocycles. The summed E-state index contributed by atoms with van der Waals surface area (Å²) >= 11 is 0. The highest BCUT2D eigenvalue weighted by Crippen LogP contribution is 2.39. The predicted molar refractivity (Wildman–Crippen MR) is 112 cm³/mol. The van der Waals surface area contributed by atoms with Gasteiger partial charge in [-0.25, -0.2) is 4.98 Å². The van der Waals surface area contributed by atoms with Crippen LogP contribution in [0.5, 0.6) is 0 Å². The predicted octanol–water partition coefficient (Wildman–Crippen LogP) is 4.38. The van der Waals surface area contributed by atoms with Gasteiger partial charge in [0.2, 0.25) is 0 Å². The maximum atomic E-state index is 12.7. The minimum absolute atomic E-state index is 0.0375. The van der Waals surface area contributed by atoms with Gasteiger partial charge in [-0.05, 0) is 42.0 Å². The Hall–Kier alpha value is -3.27. The zero-order chi connectivity index (χ0) is 19.1. The van der Waals surface area contributed by atoms with Crippen molar-refractivity contribution in [2.75, 3.05) is 0 Å². The fourth-order valence-electron chi connectivity index (χ4n) is 4.22. The standard InChI is InChI=1S/C24H21N3O/c1-16-2-5-20-12-19(8-9-21(16)20)18-6-3-17(4-7-18)14-27-15-26-23-13-25-11-10-22(23)24(27)28/h2-4,6-13,15,20-21H,5,14H2,1H3. The lowest BCUT2D eigenvalue weighted by Crippen LogP contribution is -2.21. The second kappa shape index (κ2) is 6.71. The van der Waals surface area contributed by atoms with E-state index in [0.717, 1.165) is 12.0 Å². The van der Waals surface area contributed by atoms with E-state index in [0.29, 0.717) is 29.3 Å². The second-order valence-electron chi connectivity index (χ2n) is 7.62. The summed E-state index contributed by atoms with van der Waals surface area (Å²) in [5, 5.41) is 0.599. The van der Waals surface area contributed by atoms with E-state index in [-0.39, 0.29) is 5.56 Å². The SMILES string of the molecule is CC1=CCC2C=C(c3ccc(Cn4cnc5cnccc5c4=O)cc3)C=CC12. The number of pyridine rings is 1. The first-order chi connectivity index (χ1) is 13.7. The summed E-state index contributed by atoms with van der Waals surface area (Å²) in [5.74, 6) is 1.17. The molecule has 0 amide bonds. The number of rotatable bonds is 3. The van der Waals surface area contributed by atoms with Crippen LogP contribution >= 0.6 is 0 Å². The number of aromatic nitrogens is 3. The van der Waals surface area contributed by atoms with Gasteiger partial charge in [-0.2, -0.15) is 0 Å². The molecule has 0 spiro atoms. The van der Waals surface area contributed by atoms with E-state index in [1.54, 1.807) is 29.4 Å². The van der Waals surface area contributed by atoms with Crippen molar-refractivity contribution < 1.29 is 0 Å². The molecule has 4 nitrogen and oxygen atoms in total. The van der Waals surface area contributed by atoms with Crippen LogP contribution < -0.4 is 5.56 Å². The summed E-state index contributed by atoms with van der Waals surface area (Å²) in [6, 6.07) is 10.2. The van der Waals surface area contributed by atoms with Gasteiger partial charge in [0.25, 0.3) is 5.56 Å². The molecule has 0 aliphatic heterocycles. The summed E-state index contributed by atoms with van der Waals surface area (Å²) in [6.45, 7) is 2.73. The minimum atomic E-state index is -0.0375. The second-order valence-corrected chi connectivity index (χ2v) is 7.62. The smallest absolute Gasteiger partial charge is 0.261 e. The van der Waals surface area contributed by atoms with Crippen LogP contribution in [0.3, 0.4) is 0 Å². The minimum Gasteiger partial charge on any atom is -0.294 e. The number of hydrogen-bond donors (Lipinski definition) is 0. The van der Waals surface area contributed by atoms with Crippen molar-refractivity contribution in [1.82, 2.24) is 14.5 Å². The molecule has 0 saturated heterocycles. The van der Waals surface area contributed by atoms with Gasteiger partial charge in [-0.15, -0.1) is 0 Å². The van der Waals surface area contributed by atoms with E-state index < -0.39 is 0 Å². The van der Waals surface area contributed by atoms with E-state index in [9.17, 15) is 4.79 Å². The summed E-state index contributed by atoms with van der Waals surface area (Å²) in [6.07, 6.45) is 15.3. The van der Waals surface area contributed by atoms with Crippen LogP contribution in [0.2, 0.25) is 0 Å².